The van der Waals surface area contributed by atoms with E-state index in [4.69, 9.17) is 15.3 Å². The average Bonchev–Trinajstić information content (AvgIpc) is 1.38. The molecule has 4 nitrogen and oxygen atoms in total. The van der Waals surface area contributed by atoms with Gasteiger partial charge in [0.15, 0.2) is 0 Å². The van der Waals surface area contributed by atoms with E-state index >= 15 is 0 Å². The van der Waals surface area contributed by atoms with E-state index in [0.29, 0.717) is 0 Å². The summed E-state index contributed by atoms with van der Waals surface area (Å²) in [4.78, 5) is 2.64. The first-order valence-electron chi connectivity index (χ1n) is 0.890. The van der Waals surface area contributed by atoms with E-state index < -0.39 is 7.32 Å². The Balaban J connectivity index is 0. The zero-order chi connectivity index (χ0) is 4.28. The van der Waals surface area contributed by atoms with Crippen LogP contribution in [0.5, 0.6) is 0 Å². The van der Waals surface area contributed by atoms with Gasteiger partial charge >= 0.3 is 23.1 Å². The summed E-state index contributed by atoms with van der Waals surface area (Å²) in [5.41, 5.74) is 0. The molecule has 0 saturated carbocycles. The van der Waals surface area contributed by atoms with Crippen LogP contribution in [0.2, 0.25) is 0 Å². The van der Waals surface area contributed by atoms with E-state index in [1.54, 1.807) is 0 Å². The molecular weight excluding hydrogens is 99.1 g/mol. The van der Waals surface area contributed by atoms with E-state index in [1.807, 2.05) is 0 Å². The molecule has 30 valence electrons. The van der Waals surface area contributed by atoms with Crippen molar-refractivity contribution in [2.24, 2.45) is 0 Å². The topological polar surface area (TPSA) is 75.6 Å². The van der Waals surface area contributed by atoms with E-state index in [1.165, 1.54) is 0 Å². The molecular formula is HBMgO4. The Hall–Kier alpha value is 0.671. The normalized spacial score (nSPS) is 6.50. The number of rotatable bonds is 1. The summed E-state index contributed by atoms with van der Waals surface area (Å²) in [5, 5.41) is 24.8. The van der Waals surface area contributed by atoms with Crippen molar-refractivity contribution in [2.75, 3.05) is 0 Å². The molecule has 0 aliphatic heterocycles. The monoisotopic (exact) mass is 100.0 g/mol. The molecule has 0 aliphatic rings. The number of hydrogen-bond acceptors (Lipinski definition) is 4. The van der Waals surface area contributed by atoms with Crippen molar-refractivity contribution < 1.29 is 20.1 Å². The Bertz CT molecular complexity index is 21.5. The predicted molar refractivity (Wildman–Crippen MR) is 15.2 cm³/mol. The first kappa shape index (κ1) is 9.83. The van der Waals surface area contributed by atoms with Gasteiger partial charge in [0.1, 0.15) is 7.32 Å². The van der Waals surface area contributed by atoms with Gasteiger partial charge in [0.05, 0.1) is 0 Å². The molecule has 0 radical (unpaired) electrons. The van der Waals surface area contributed by atoms with E-state index in [-0.39, 0.29) is 23.1 Å². The van der Waals surface area contributed by atoms with Gasteiger partial charge in [-0.2, -0.15) is 0 Å². The van der Waals surface area contributed by atoms with Crippen LogP contribution < -0.4 is 10.0 Å². The van der Waals surface area contributed by atoms with Crippen LogP contribution in [0.1, 0.15) is 0 Å². The summed E-state index contributed by atoms with van der Waals surface area (Å²) < 4.78 is 0. The summed E-state index contributed by atoms with van der Waals surface area (Å²) in [7, 11) is -2.56. The molecule has 0 aromatic heterocycles. The average molecular weight is 100 g/mol. The Morgan fingerprint density at radius 1 is 1.50 bits per heavy atom. The Morgan fingerprint density at radius 2 is 1.67 bits per heavy atom. The van der Waals surface area contributed by atoms with Gasteiger partial charge in [-0.3, -0.25) is 5.26 Å². The van der Waals surface area contributed by atoms with Crippen LogP contribution in [0.3, 0.4) is 0 Å². The van der Waals surface area contributed by atoms with Crippen molar-refractivity contribution >= 4 is 30.4 Å². The summed E-state index contributed by atoms with van der Waals surface area (Å²) in [6, 6.07) is 0. The van der Waals surface area contributed by atoms with Gasteiger partial charge in [-0.1, -0.05) is 0 Å². The molecule has 0 atom stereocenters. The minimum Gasteiger partial charge on any atom is -0.868 e. The first-order chi connectivity index (χ1) is 2.27. The molecule has 1 N–H and O–H groups in total. The van der Waals surface area contributed by atoms with Crippen LogP contribution in [-0.2, 0) is 4.81 Å². The van der Waals surface area contributed by atoms with Crippen LogP contribution >= 0.6 is 0 Å². The SMILES string of the molecule is [Mg+2].[O-]B([O-])OO. The van der Waals surface area contributed by atoms with Gasteiger partial charge in [-0.05, 0) is 0 Å². The van der Waals surface area contributed by atoms with Crippen LogP contribution in [0, 0.1) is 0 Å². The maximum absolute atomic E-state index is 8.87. The molecule has 0 rings (SSSR count). The largest absolute Gasteiger partial charge is 2.00 e. The van der Waals surface area contributed by atoms with E-state index in [2.05, 4.69) is 4.81 Å². The third-order valence-corrected chi connectivity index (χ3v) is 0.0861. The smallest absolute Gasteiger partial charge is 0.868 e. The minimum atomic E-state index is -2.56. The van der Waals surface area contributed by atoms with Gasteiger partial charge in [-0.15, -0.1) is 0 Å². The molecule has 0 spiro atoms. The van der Waals surface area contributed by atoms with Gasteiger partial charge in [0, 0.05) is 0 Å². The van der Waals surface area contributed by atoms with E-state index in [0.717, 1.165) is 0 Å². The molecule has 0 aromatic carbocycles. The molecule has 0 aromatic rings. The number of hydrogen-bond donors (Lipinski definition) is 1. The van der Waals surface area contributed by atoms with Crippen molar-refractivity contribution in [2.45, 2.75) is 0 Å². The fourth-order valence-electron chi connectivity index (χ4n) is 0. The molecule has 0 saturated heterocycles. The second kappa shape index (κ2) is 5.67. The molecule has 6 heteroatoms. The summed E-state index contributed by atoms with van der Waals surface area (Å²) in [6.07, 6.45) is 0. The predicted octanol–water partition coefficient (Wildman–Crippen LogP) is -3.20. The molecule has 6 heavy (non-hydrogen) atoms. The van der Waals surface area contributed by atoms with Gasteiger partial charge in [-0.25, -0.2) is 0 Å². The summed E-state index contributed by atoms with van der Waals surface area (Å²) in [6.45, 7) is 0. The van der Waals surface area contributed by atoms with Gasteiger partial charge in [0.2, 0.25) is 0 Å². The molecule has 0 fully saturated rings. The Labute approximate surface area is 51.0 Å². The fourth-order valence-corrected chi connectivity index (χ4v) is 0. The van der Waals surface area contributed by atoms with Crippen LogP contribution in [0.25, 0.3) is 0 Å². The quantitative estimate of drug-likeness (QED) is 0.214. The second-order valence-corrected chi connectivity index (χ2v) is 0.394. The summed E-state index contributed by atoms with van der Waals surface area (Å²) >= 11 is 0. The molecule has 0 aliphatic carbocycles. The van der Waals surface area contributed by atoms with Crippen molar-refractivity contribution in [1.29, 1.82) is 0 Å². The fraction of sp³-hybridized carbons (Fsp3) is 0. The zero-order valence-corrected chi connectivity index (χ0v) is 4.37. The molecule has 0 amide bonds. The van der Waals surface area contributed by atoms with Crippen molar-refractivity contribution in [3.63, 3.8) is 0 Å². The first-order valence-corrected chi connectivity index (χ1v) is 0.890. The molecule has 0 heterocycles. The Kier molecular flexibility index (Phi) is 9.29. The van der Waals surface area contributed by atoms with Crippen LogP contribution in [0.15, 0.2) is 0 Å². The standard InChI is InChI=1S/BHO4.Mg/c2-1(3)5-4;/h4H;/q-2;+2. The third-order valence-electron chi connectivity index (χ3n) is 0.0861. The Morgan fingerprint density at radius 3 is 1.67 bits per heavy atom. The molecule has 0 bridgehead atoms. The van der Waals surface area contributed by atoms with E-state index in [9.17, 15) is 0 Å². The summed E-state index contributed by atoms with van der Waals surface area (Å²) in [5.74, 6) is 0. The zero-order valence-electron chi connectivity index (χ0n) is 2.96. The van der Waals surface area contributed by atoms with Gasteiger partial charge in [0.25, 0.3) is 0 Å². The van der Waals surface area contributed by atoms with Crippen molar-refractivity contribution in [3.05, 3.63) is 0 Å². The van der Waals surface area contributed by atoms with Crippen LogP contribution in [0.4, 0.5) is 0 Å². The maximum Gasteiger partial charge on any atom is 2.00 e. The van der Waals surface area contributed by atoms with Crippen molar-refractivity contribution in [1.82, 2.24) is 0 Å². The van der Waals surface area contributed by atoms with Crippen molar-refractivity contribution in [3.8, 4) is 0 Å². The maximum atomic E-state index is 8.87. The van der Waals surface area contributed by atoms with Gasteiger partial charge < -0.3 is 14.9 Å². The molecule has 0 unspecified atom stereocenters. The minimum absolute atomic E-state index is 0. The third kappa shape index (κ3) is 8.82. The second-order valence-electron chi connectivity index (χ2n) is 0.394. The van der Waals surface area contributed by atoms with Crippen LogP contribution in [-0.4, -0.2) is 35.6 Å².